The molecule has 0 spiro atoms. The molecule has 29 heavy (non-hydrogen) atoms. The molecule has 156 valence electrons. The number of thiophene rings is 1. The second kappa shape index (κ2) is 9.52. The highest BCUT2D eigenvalue weighted by molar-refractivity contribution is 7.18. The van der Waals surface area contributed by atoms with Gasteiger partial charge in [0.2, 0.25) is 0 Å². The molecule has 1 atom stereocenters. The van der Waals surface area contributed by atoms with Gasteiger partial charge in [-0.3, -0.25) is 9.69 Å². The summed E-state index contributed by atoms with van der Waals surface area (Å²) in [5.41, 5.74) is 1.95. The number of aliphatic hydroxyl groups excluding tert-OH is 1. The maximum Gasteiger partial charge on any atom is 0.259 e. The van der Waals surface area contributed by atoms with Crippen molar-refractivity contribution >= 4 is 21.6 Å². The smallest absolute Gasteiger partial charge is 0.259 e. The van der Waals surface area contributed by atoms with Crippen LogP contribution in [0.1, 0.15) is 35.2 Å². The zero-order valence-corrected chi connectivity index (χ0v) is 18.3. The molecule has 0 amide bonds. The number of ether oxygens (including phenoxy) is 1. The van der Waals surface area contributed by atoms with E-state index >= 15 is 0 Å². The van der Waals surface area contributed by atoms with E-state index < -0.39 is 6.10 Å². The van der Waals surface area contributed by atoms with Gasteiger partial charge in [0.25, 0.3) is 5.56 Å². The molecule has 0 aliphatic heterocycles. The lowest BCUT2D eigenvalue weighted by molar-refractivity contribution is 0.0645. The Bertz CT molecular complexity index is 1030. The van der Waals surface area contributed by atoms with Crippen molar-refractivity contribution in [2.24, 2.45) is 0 Å². The van der Waals surface area contributed by atoms with E-state index in [0.29, 0.717) is 24.3 Å². The van der Waals surface area contributed by atoms with E-state index in [-0.39, 0.29) is 12.2 Å². The first-order valence-corrected chi connectivity index (χ1v) is 10.8. The number of fused-ring (bicyclic) bond motifs is 1. The number of rotatable bonds is 9. The first-order valence-electron chi connectivity index (χ1n) is 9.96. The lowest BCUT2D eigenvalue weighted by Crippen LogP contribution is -2.36. The molecule has 0 fully saturated rings. The van der Waals surface area contributed by atoms with Gasteiger partial charge in [-0.2, -0.15) is 0 Å². The number of H-pyrrole nitrogens is 1. The summed E-state index contributed by atoms with van der Waals surface area (Å²) in [6.07, 6.45) is 0.303. The standard InChI is InChI=1S/C22H29N3O3S/c1-5-10-25(11-17(26)13-28-18-9-7-6-8-14(18)2)12-19-23-21(27)20-15(3)16(4)29-22(20)24-19/h6-9,17,26H,5,10-13H2,1-4H3,(H,23,24,27)/t17-/m0/s1. The second-order valence-electron chi connectivity index (χ2n) is 7.44. The van der Waals surface area contributed by atoms with E-state index in [0.717, 1.165) is 39.5 Å². The zero-order valence-electron chi connectivity index (χ0n) is 17.5. The minimum absolute atomic E-state index is 0.0910. The molecule has 2 aromatic heterocycles. The van der Waals surface area contributed by atoms with Crippen LogP contribution in [0.3, 0.4) is 0 Å². The Kier molecular flexibility index (Phi) is 7.05. The van der Waals surface area contributed by atoms with Crippen LogP contribution in [0, 0.1) is 20.8 Å². The topological polar surface area (TPSA) is 78.5 Å². The highest BCUT2D eigenvalue weighted by atomic mass is 32.1. The van der Waals surface area contributed by atoms with E-state index in [1.54, 1.807) is 11.3 Å². The third-order valence-corrected chi connectivity index (χ3v) is 6.10. The molecule has 0 saturated carbocycles. The lowest BCUT2D eigenvalue weighted by atomic mass is 10.2. The summed E-state index contributed by atoms with van der Waals surface area (Å²) in [6.45, 7) is 9.99. The summed E-state index contributed by atoms with van der Waals surface area (Å²) in [6, 6.07) is 7.77. The summed E-state index contributed by atoms with van der Waals surface area (Å²) in [7, 11) is 0. The minimum atomic E-state index is -0.636. The number of para-hydroxylation sites is 1. The van der Waals surface area contributed by atoms with E-state index in [1.807, 2.05) is 45.0 Å². The average Bonchev–Trinajstić information content (AvgIpc) is 2.95. The van der Waals surface area contributed by atoms with Crippen molar-refractivity contribution in [2.75, 3.05) is 19.7 Å². The molecule has 7 heteroatoms. The Hall–Kier alpha value is -2.22. The van der Waals surface area contributed by atoms with Gasteiger partial charge in [0.05, 0.1) is 11.9 Å². The van der Waals surface area contributed by atoms with Gasteiger partial charge in [-0.1, -0.05) is 25.1 Å². The number of benzene rings is 1. The van der Waals surface area contributed by atoms with Crippen molar-refractivity contribution in [3.05, 3.63) is 56.4 Å². The minimum Gasteiger partial charge on any atom is -0.491 e. The second-order valence-corrected chi connectivity index (χ2v) is 8.64. The predicted molar refractivity (Wildman–Crippen MR) is 118 cm³/mol. The van der Waals surface area contributed by atoms with Crippen molar-refractivity contribution in [3.8, 4) is 5.75 Å². The Morgan fingerprint density at radius 3 is 2.76 bits per heavy atom. The van der Waals surface area contributed by atoms with Gasteiger partial charge < -0.3 is 14.8 Å². The number of aliphatic hydroxyl groups is 1. The van der Waals surface area contributed by atoms with Crippen LogP contribution < -0.4 is 10.3 Å². The first kappa shape index (κ1) is 21.5. The van der Waals surface area contributed by atoms with Gasteiger partial charge in [0, 0.05) is 11.4 Å². The Morgan fingerprint density at radius 2 is 2.03 bits per heavy atom. The van der Waals surface area contributed by atoms with Gasteiger partial charge in [0.15, 0.2) is 0 Å². The van der Waals surface area contributed by atoms with Crippen LogP contribution in [-0.2, 0) is 6.54 Å². The van der Waals surface area contributed by atoms with Gasteiger partial charge in [-0.25, -0.2) is 4.98 Å². The fourth-order valence-electron chi connectivity index (χ4n) is 3.39. The van der Waals surface area contributed by atoms with Crippen LogP contribution in [0.15, 0.2) is 29.1 Å². The molecule has 3 aromatic rings. The van der Waals surface area contributed by atoms with Crippen molar-refractivity contribution in [1.82, 2.24) is 14.9 Å². The maximum absolute atomic E-state index is 12.5. The fourth-order valence-corrected chi connectivity index (χ4v) is 4.44. The number of nitrogens with zero attached hydrogens (tertiary/aromatic N) is 2. The number of hydrogen-bond donors (Lipinski definition) is 2. The molecule has 0 bridgehead atoms. The normalized spacial score (nSPS) is 12.6. The molecule has 6 nitrogen and oxygen atoms in total. The van der Waals surface area contributed by atoms with Crippen molar-refractivity contribution in [1.29, 1.82) is 0 Å². The summed E-state index contributed by atoms with van der Waals surface area (Å²) in [5, 5.41) is 11.2. The Morgan fingerprint density at radius 1 is 1.28 bits per heavy atom. The molecule has 2 heterocycles. The molecule has 0 radical (unpaired) electrons. The maximum atomic E-state index is 12.5. The highest BCUT2D eigenvalue weighted by Crippen LogP contribution is 2.25. The van der Waals surface area contributed by atoms with Gasteiger partial charge >= 0.3 is 0 Å². The monoisotopic (exact) mass is 415 g/mol. The molecule has 0 saturated heterocycles. The molecular formula is C22H29N3O3S. The number of aromatic amines is 1. The number of hydrogen-bond acceptors (Lipinski definition) is 6. The third kappa shape index (κ3) is 5.23. The van der Waals surface area contributed by atoms with Crippen molar-refractivity contribution in [2.45, 2.75) is 46.8 Å². The van der Waals surface area contributed by atoms with E-state index in [4.69, 9.17) is 4.74 Å². The zero-order chi connectivity index (χ0) is 21.0. The van der Waals surface area contributed by atoms with E-state index in [9.17, 15) is 9.90 Å². The SMILES string of the molecule is CCCN(Cc1nc2sc(C)c(C)c2c(=O)[nH]1)C[C@H](O)COc1ccccc1C. The Labute approximate surface area is 175 Å². The highest BCUT2D eigenvalue weighted by Gasteiger charge is 2.16. The van der Waals surface area contributed by atoms with Crippen LogP contribution in [-0.4, -0.2) is 45.8 Å². The number of aromatic nitrogens is 2. The summed E-state index contributed by atoms with van der Waals surface area (Å²) >= 11 is 1.55. The number of aryl methyl sites for hydroxylation is 3. The van der Waals surface area contributed by atoms with Crippen molar-refractivity contribution in [3.63, 3.8) is 0 Å². The molecule has 0 unspecified atom stereocenters. The van der Waals surface area contributed by atoms with Crippen LogP contribution in [0.5, 0.6) is 5.75 Å². The average molecular weight is 416 g/mol. The summed E-state index contributed by atoms with van der Waals surface area (Å²) < 4.78 is 5.77. The van der Waals surface area contributed by atoms with Crippen LogP contribution in [0.4, 0.5) is 0 Å². The summed E-state index contributed by atoms with van der Waals surface area (Å²) in [4.78, 5) is 24.1. The van der Waals surface area contributed by atoms with Crippen molar-refractivity contribution < 1.29 is 9.84 Å². The third-order valence-electron chi connectivity index (χ3n) is 5.00. The lowest BCUT2D eigenvalue weighted by Gasteiger charge is -2.24. The molecule has 1 aromatic carbocycles. The summed E-state index contributed by atoms with van der Waals surface area (Å²) in [5.74, 6) is 1.41. The fraction of sp³-hybridized carbons (Fsp3) is 0.455. The molecular weight excluding hydrogens is 386 g/mol. The van der Waals surface area contributed by atoms with Crippen LogP contribution in [0.25, 0.3) is 10.2 Å². The van der Waals surface area contributed by atoms with Crippen LogP contribution in [0.2, 0.25) is 0 Å². The van der Waals surface area contributed by atoms with E-state index in [1.165, 1.54) is 0 Å². The molecule has 0 aliphatic rings. The molecule has 2 N–H and O–H groups in total. The Balaban J connectivity index is 1.67. The van der Waals surface area contributed by atoms with Gasteiger partial charge in [-0.15, -0.1) is 11.3 Å². The van der Waals surface area contributed by atoms with Crippen LogP contribution >= 0.6 is 11.3 Å². The first-order chi connectivity index (χ1) is 13.9. The molecule has 0 aliphatic carbocycles. The van der Waals surface area contributed by atoms with E-state index in [2.05, 4.69) is 21.8 Å². The quantitative estimate of drug-likeness (QED) is 0.559. The van der Waals surface area contributed by atoms with Gasteiger partial charge in [0.1, 0.15) is 29.1 Å². The number of nitrogens with one attached hydrogen (secondary N) is 1. The molecule has 3 rings (SSSR count). The predicted octanol–water partition coefficient (Wildman–Crippen LogP) is 3.56. The largest absolute Gasteiger partial charge is 0.491 e. The van der Waals surface area contributed by atoms with Gasteiger partial charge in [-0.05, 0) is 50.9 Å².